The number of carboxylic acids is 1. The largest absolute Gasteiger partial charge is 0.484 e. The van der Waals surface area contributed by atoms with E-state index in [9.17, 15) is 9.59 Å². The molecule has 6 heteroatoms. The standard InChI is InChI=1S/C18H26N2O4/c1-13(2)14-4-6-15(7-5-14)24-11-16(21)20-9-8-18(3,12-20)19-10-17(22)23/h4-7,13,19H,8-12H2,1-3H3,(H,22,23). The highest BCUT2D eigenvalue weighted by Gasteiger charge is 2.36. The molecule has 1 saturated heterocycles. The first-order valence-corrected chi connectivity index (χ1v) is 8.26. The molecule has 1 aliphatic rings. The van der Waals surface area contributed by atoms with Gasteiger partial charge in [0.05, 0.1) is 6.54 Å². The second-order valence-corrected chi connectivity index (χ2v) is 6.89. The van der Waals surface area contributed by atoms with Gasteiger partial charge in [0, 0.05) is 18.6 Å². The van der Waals surface area contributed by atoms with Crippen molar-refractivity contribution in [2.45, 2.75) is 38.6 Å². The number of rotatable bonds is 7. The Morgan fingerprint density at radius 2 is 2.00 bits per heavy atom. The maximum atomic E-state index is 12.3. The van der Waals surface area contributed by atoms with Crippen LogP contribution in [0.2, 0.25) is 0 Å². The number of ether oxygens (including phenoxy) is 1. The minimum absolute atomic E-state index is 0.00393. The summed E-state index contributed by atoms with van der Waals surface area (Å²) in [6, 6.07) is 7.77. The minimum Gasteiger partial charge on any atom is -0.484 e. The van der Waals surface area contributed by atoms with Crippen molar-refractivity contribution in [3.63, 3.8) is 0 Å². The lowest BCUT2D eigenvalue weighted by Gasteiger charge is -2.25. The maximum Gasteiger partial charge on any atom is 0.317 e. The molecular formula is C18H26N2O4. The van der Waals surface area contributed by atoms with Gasteiger partial charge in [0.1, 0.15) is 5.75 Å². The van der Waals surface area contributed by atoms with E-state index >= 15 is 0 Å². The van der Waals surface area contributed by atoms with Crippen LogP contribution in [-0.2, 0) is 9.59 Å². The fourth-order valence-electron chi connectivity index (χ4n) is 2.79. The molecule has 0 saturated carbocycles. The molecule has 2 N–H and O–H groups in total. The molecule has 1 aromatic carbocycles. The number of hydrogen-bond donors (Lipinski definition) is 2. The Morgan fingerprint density at radius 3 is 2.58 bits per heavy atom. The van der Waals surface area contributed by atoms with Crippen LogP contribution >= 0.6 is 0 Å². The van der Waals surface area contributed by atoms with E-state index in [1.807, 2.05) is 31.2 Å². The number of amides is 1. The van der Waals surface area contributed by atoms with E-state index in [4.69, 9.17) is 9.84 Å². The van der Waals surface area contributed by atoms with E-state index in [0.717, 1.165) is 6.42 Å². The molecule has 2 rings (SSSR count). The van der Waals surface area contributed by atoms with Gasteiger partial charge in [0.25, 0.3) is 5.91 Å². The highest BCUT2D eigenvalue weighted by molar-refractivity contribution is 5.78. The van der Waals surface area contributed by atoms with E-state index < -0.39 is 5.97 Å². The SMILES string of the molecule is CC(C)c1ccc(OCC(=O)N2CCC(C)(NCC(=O)O)C2)cc1. The average molecular weight is 334 g/mol. The molecule has 0 radical (unpaired) electrons. The smallest absolute Gasteiger partial charge is 0.317 e. The second-order valence-electron chi connectivity index (χ2n) is 6.89. The molecule has 0 aromatic heterocycles. The third-order valence-electron chi connectivity index (χ3n) is 4.40. The van der Waals surface area contributed by atoms with Gasteiger partial charge in [-0.05, 0) is 37.0 Å². The van der Waals surface area contributed by atoms with E-state index in [1.54, 1.807) is 4.90 Å². The monoisotopic (exact) mass is 334 g/mol. The Bertz CT molecular complexity index is 585. The lowest BCUT2D eigenvalue weighted by atomic mass is 10.0. The number of carbonyl (C=O) groups is 2. The number of carboxylic acid groups (broad SMARTS) is 1. The predicted octanol–water partition coefficient (Wildman–Crippen LogP) is 1.85. The van der Waals surface area contributed by atoms with Gasteiger partial charge in [0.15, 0.2) is 6.61 Å². The van der Waals surface area contributed by atoms with Crippen molar-refractivity contribution in [1.29, 1.82) is 0 Å². The molecular weight excluding hydrogens is 308 g/mol. The molecule has 1 heterocycles. The summed E-state index contributed by atoms with van der Waals surface area (Å²) in [5.41, 5.74) is 0.876. The molecule has 1 atom stereocenters. The van der Waals surface area contributed by atoms with Gasteiger partial charge in [-0.2, -0.15) is 0 Å². The van der Waals surface area contributed by atoms with Crippen molar-refractivity contribution >= 4 is 11.9 Å². The fraction of sp³-hybridized carbons (Fsp3) is 0.556. The van der Waals surface area contributed by atoms with Crippen LogP contribution in [0.3, 0.4) is 0 Å². The number of aliphatic carboxylic acids is 1. The summed E-state index contributed by atoms with van der Waals surface area (Å²) in [5.74, 6) is 0.165. The topological polar surface area (TPSA) is 78.9 Å². The fourth-order valence-corrected chi connectivity index (χ4v) is 2.79. The third kappa shape index (κ3) is 4.96. The molecule has 0 spiro atoms. The van der Waals surface area contributed by atoms with Gasteiger partial charge >= 0.3 is 5.97 Å². The summed E-state index contributed by atoms with van der Waals surface area (Å²) in [5, 5.41) is 11.8. The molecule has 0 aliphatic carbocycles. The van der Waals surface area contributed by atoms with Crippen molar-refractivity contribution in [3.8, 4) is 5.75 Å². The summed E-state index contributed by atoms with van der Waals surface area (Å²) >= 11 is 0. The van der Waals surface area contributed by atoms with Crippen molar-refractivity contribution in [2.24, 2.45) is 0 Å². The van der Waals surface area contributed by atoms with Crippen LogP contribution in [0.4, 0.5) is 0 Å². The summed E-state index contributed by atoms with van der Waals surface area (Å²) in [6.45, 7) is 7.19. The Hall–Kier alpha value is -2.08. The number of likely N-dealkylation sites (tertiary alicyclic amines) is 1. The van der Waals surface area contributed by atoms with Crippen molar-refractivity contribution in [1.82, 2.24) is 10.2 Å². The third-order valence-corrected chi connectivity index (χ3v) is 4.40. The van der Waals surface area contributed by atoms with E-state index in [2.05, 4.69) is 19.2 Å². The van der Waals surface area contributed by atoms with Crippen LogP contribution in [-0.4, -0.2) is 53.7 Å². The first-order valence-electron chi connectivity index (χ1n) is 8.26. The molecule has 1 unspecified atom stereocenters. The molecule has 1 fully saturated rings. The van der Waals surface area contributed by atoms with Crippen molar-refractivity contribution in [3.05, 3.63) is 29.8 Å². The highest BCUT2D eigenvalue weighted by Crippen LogP contribution is 2.22. The van der Waals surface area contributed by atoms with Gasteiger partial charge < -0.3 is 14.7 Å². The molecule has 132 valence electrons. The predicted molar refractivity (Wildman–Crippen MR) is 91.3 cm³/mol. The van der Waals surface area contributed by atoms with Gasteiger partial charge in [-0.15, -0.1) is 0 Å². The summed E-state index contributed by atoms with van der Waals surface area (Å²) in [7, 11) is 0. The molecule has 1 amide bonds. The number of carbonyl (C=O) groups excluding carboxylic acids is 1. The Morgan fingerprint density at radius 1 is 1.33 bits per heavy atom. The lowest BCUT2D eigenvalue weighted by Crippen LogP contribution is -2.48. The molecule has 0 bridgehead atoms. The number of nitrogens with zero attached hydrogens (tertiary/aromatic N) is 1. The van der Waals surface area contributed by atoms with E-state index in [0.29, 0.717) is 24.8 Å². The van der Waals surface area contributed by atoms with Crippen LogP contribution in [0.1, 0.15) is 38.7 Å². The lowest BCUT2D eigenvalue weighted by molar-refractivity contribution is -0.136. The normalized spacial score (nSPS) is 20.4. The number of nitrogens with one attached hydrogen (secondary N) is 1. The molecule has 6 nitrogen and oxygen atoms in total. The Kier molecular flexibility index (Phi) is 5.83. The van der Waals surface area contributed by atoms with E-state index in [-0.39, 0.29) is 24.6 Å². The molecule has 1 aliphatic heterocycles. The highest BCUT2D eigenvalue weighted by atomic mass is 16.5. The van der Waals surface area contributed by atoms with Crippen LogP contribution < -0.4 is 10.1 Å². The summed E-state index contributed by atoms with van der Waals surface area (Å²) in [6.07, 6.45) is 0.731. The van der Waals surface area contributed by atoms with Crippen molar-refractivity contribution in [2.75, 3.05) is 26.2 Å². The van der Waals surface area contributed by atoms with Gasteiger partial charge in [-0.25, -0.2) is 0 Å². The van der Waals surface area contributed by atoms with Gasteiger partial charge in [-0.3, -0.25) is 14.9 Å². The first kappa shape index (κ1) is 18.3. The van der Waals surface area contributed by atoms with Crippen LogP contribution in [0.15, 0.2) is 24.3 Å². The van der Waals surface area contributed by atoms with Crippen LogP contribution in [0.25, 0.3) is 0 Å². The summed E-state index contributed by atoms with van der Waals surface area (Å²) < 4.78 is 5.58. The van der Waals surface area contributed by atoms with E-state index in [1.165, 1.54) is 5.56 Å². The Labute approximate surface area is 142 Å². The minimum atomic E-state index is -0.894. The van der Waals surface area contributed by atoms with Crippen LogP contribution in [0.5, 0.6) is 5.75 Å². The quantitative estimate of drug-likeness (QED) is 0.796. The molecule has 24 heavy (non-hydrogen) atoms. The van der Waals surface area contributed by atoms with Gasteiger partial charge in [0.2, 0.25) is 0 Å². The Balaban J connectivity index is 1.81. The number of hydrogen-bond acceptors (Lipinski definition) is 4. The summed E-state index contributed by atoms with van der Waals surface area (Å²) in [4.78, 5) is 24.7. The van der Waals surface area contributed by atoms with Crippen LogP contribution in [0, 0.1) is 0 Å². The zero-order valence-electron chi connectivity index (χ0n) is 14.5. The molecule has 1 aromatic rings. The van der Waals surface area contributed by atoms with Gasteiger partial charge in [-0.1, -0.05) is 26.0 Å². The average Bonchev–Trinajstić information content (AvgIpc) is 2.94. The van der Waals surface area contributed by atoms with Crippen molar-refractivity contribution < 1.29 is 19.4 Å². The number of benzene rings is 1. The zero-order chi connectivity index (χ0) is 17.7. The maximum absolute atomic E-state index is 12.3. The zero-order valence-corrected chi connectivity index (χ0v) is 14.5. The first-order chi connectivity index (χ1) is 11.3. The second kappa shape index (κ2) is 7.66.